The maximum Gasteiger partial charge on any atom is 0.319 e. The summed E-state index contributed by atoms with van der Waals surface area (Å²) < 4.78 is 45.4. The number of aryl methyl sites for hydroxylation is 1. The second kappa shape index (κ2) is 15.4. The van der Waals surface area contributed by atoms with Gasteiger partial charge < -0.3 is 39.9 Å². The van der Waals surface area contributed by atoms with Crippen LogP contribution >= 0.6 is 0 Å². The van der Waals surface area contributed by atoms with Crippen molar-refractivity contribution in [2.75, 3.05) is 51.1 Å². The largest absolute Gasteiger partial charge is 0.508 e. The van der Waals surface area contributed by atoms with Gasteiger partial charge in [-0.15, -0.1) is 0 Å². The average molecular weight is 778 g/mol. The van der Waals surface area contributed by atoms with Gasteiger partial charge in [0.05, 0.1) is 44.4 Å². The van der Waals surface area contributed by atoms with Crippen molar-refractivity contribution in [3.63, 3.8) is 0 Å². The van der Waals surface area contributed by atoms with E-state index in [4.69, 9.17) is 24.4 Å². The average Bonchev–Trinajstić information content (AvgIpc) is 3.91. The van der Waals surface area contributed by atoms with Crippen molar-refractivity contribution >= 4 is 39.3 Å². The molecule has 1 unspecified atom stereocenters. The summed E-state index contributed by atoms with van der Waals surface area (Å²) in [4.78, 5) is 17.6. The number of fused-ring (bicyclic) bond motifs is 2. The lowest BCUT2D eigenvalue weighted by Crippen LogP contribution is -2.58. The second-order valence-electron chi connectivity index (χ2n) is 16.4. The maximum atomic E-state index is 17.9. The first-order valence-corrected chi connectivity index (χ1v) is 19.6. The number of allylic oxidation sites excluding steroid dienone is 3. The van der Waals surface area contributed by atoms with Crippen molar-refractivity contribution in [1.82, 2.24) is 14.9 Å². The molecule has 7 rings (SSSR count). The van der Waals surface area contributed by atoms with Crippen molar-refractivity contribution < 1.29 is 43.8 Å². The van der Waals surface area contributed by atoms with E-state index in [0.717, 1.165) is 6.42 Å². The molecule has 12 nitrogen and oxygen atoms in total. The minimum atomic E-state index is -2.16. The van der Waals surface area contributed by atoms with Crippen LogP contribution in [0.2, 0.25) is 0 Å². The van der Waals surface area contributed by atoms with Crippen molar-refractivity contribution in [1.29, 1.82) is 0 Å². The van der Waals surface area contributed by atoms with Gasteiger partial charge in [-0.25, -0.2) is 13.7 Å². The quantitative estimate of drug-likeness (QED) is 0.146. The number of anilines is 1. The summed E-state index contributed by atoms with van der Waals surface area (Å²) in [6, 6.07) is 5.42. The van der Waals surface area contributed by atoms with E-state index in [1.807, 2.05) is 25.7 Å². The Morgan fingerprint density at radius 2 is 1.93 bits per heavy atom. The standard InChI is InChI=1S/C42H53F2N5O7/c1-6-28-31(43)12-11-25-17-27(51)18-30(32(25)28)33-35(44)37-34(29(7-2)36(33)45-24(3)4)38(48-15-16-55-21-40(5,52)19-48)47-39(46-37)56-22-41(13-14-41)20-49(23-50)42(53,54)26-9-8-10-26/h7,11-12,17-18,24,26,50-54H,6,8-10,13-16,19-23H2,1-5H3/b29-7-,45-36?. The Bertz CT molecular complexity index is 2090. The van der Waals surface area contributed by atoms with E-state index < -0.39 is 35.3 Å². The lowest BCUT2D eigenvalue weighted by molar-refractivity contribution is -0.323. The summed E-state index contributed by atoms with van der Waals surface area (Å²) in [5, 5.41) is 55.4. The molecule has 2 heterocycles. The zero-order valence-corrected chi connectivity index (χ0v) is 32.8. The predicted molar refractivity (Wildman–Crippen MR) is 210 cm³/mol. The Morgan fingerprint density at radius 3 is 2.55 bits per heavy atom. The molecule has 56 heavy (non-hydrogen) atoms. The number of phenols is 1. The Kier molecular flexibility index (Phi) is 11.0. The fourth-order valence-electron chi connectivity index (χ4n) is 8.22. The summed E-state index contributed by atoms with van der Waals surface area (Å²) in [6.07, 6.45) is 5.68. The van der Waals surface area contributed by atoms with E-state index in [0.29, 0.717) is 71.9 Å². The number of ether oxygens (including phenoxy) is 2. The van der Waals surface area contributed by atoms with Crippen LogP contribution in [0, 0.1) is 17.2 Å². The first-order valence-electron chi connectivity index (χ1n) is 19.6. The van der Waals surface area contributed by atoms with Crippen molar-refractivity contribution in [2.45, 2.75) is 90.7 Å². The molecule has 1 aromatic heterocycles. The molecule has 1 saturated heterocycles. The number of hydrogen-bond acceptors (Lipinski definition) is 12. The first-order chi connectivity index (χ1) is 26.6. The highest BCUT2D eigenvalue weighted by molar-refractivity contribution is 6.51. The topological polar surface area (TPSA) is 164 Å². The number of phenolic OH excluding ortho intramolecular Hbond substituents is 1. The normalized spacial score (nSPS) is 23.0. The monoisotopic (exact) mass is 777 g/mol. The van der Waals surface area contributed by atoms with Gasteiger partial charge in [-0.1, -0.05) is 25.5 Å². The number of aliphatic hydroxyl groups is 4. The molecule has 0 amide bonds. The van der Waals surface area contributed by atoms with Crippen LogP contribution < -0.4 is 9.64 Å². The summed E-state index contributed by atoms with van der Waals surface area (Å²) in [6.45, 7) is 9.42. The van der Waals surface area contributed by atoms with E-state index in [1.165, 1.54) is 23.1 Å². The zero-order chi connectivity index (χ0) is 40.2. The number of halogens is 2. The smallest absolute Gasteiger partial charge is 0.319 e. The maximum absolute atomic E-state index is 17.9. The summed E-state index contributed by atoms with van der Waals surface area (Å²) >= 11 is 0. The molecule has 4 aliphatic rings. The van der Waals surface area contributed by atoms with Gasteiger partial charge in [0.15, 0.2) is 5.83 Å². The van der Waals surface area contributed by atoms with Gasteiger partial charge in [-0.05, 0) is 99.9 Å². The number of rotatable bonds is 12. The summed E-state index contributed by atoms with van der Waals surface area (Å²) in [5.74, 6) is -3.58. The van der Waals surface area contributed by atoms with E-state index >= 15 is 8.78 Å². The number of aromatic nitrogens is 2. The van der Waals surface area contributed by atoms with Gasteiger partial charge in [0, 0.05) is 41.6 Å². The van der Waals surface area contributed by atoms with Crippen LogP contribution in [-0.2, 0) is 11.2 Å². The van der Waals surface area contributed by atoms with Gasteiger partial charge >= 0.3 is 6.01 Å². The van der Waals surface area contributed by atoms with Gasteiger partial charge in [0.2, 0.25) is 5.91 Å². The molecule has 2 saturated carbocycles. The summed E-state index contributed by atoms with van der Waals surface area (Å²) in [7, 11) is 0. The molecular formula is C42H53F2N5O7. The van der Waals surface area contributed by atoms with Crippen molar-refractivity contribution in [3.8, 4) is 11.8 Å². The number of aliphatic hydroxyl groups excluding tert-OH is 1. The molecule has 302 valence electrons. The van der Waals surface area contributed by atoms with Crippen molar-refractivity contribution in [2.24, 2.45) is 16.3 Å². The van der Waals surface area contributed by atoms with Crippen LogP contribution in [0.4, 0.5) is 14.6 Å². The van der Waals surface area contributed by atoms with Crippen LogP contribution in [0.3, 0.4) is 0 Å². The van der Waals surface area contributed by atoms with Gasteiger partial charge in [0.25, 0.3) is 0 Å². The second-order valence-corrected chi connectivity index (χ2v) is 16.4. The highest BCUT2D eigenvalue weighted by atomic mass is 19.1. The Labute approximate surface area is 325 Å². The lowest BCUT2D eigenvalue weighted by Gasteiger charge is -2.44. The number of β-amino-alcohol motifs (C(OH)–C–C–N with tert-alkyl or cyclic N) is 1. The van der Waals surface area contributed by atoms with E-state index in [1.54, 1.807) is 26.0 Å². The molecule has 14 heteroatoms. The predicted octanol–water partition coefficient (Wildman–Crippen LogP) is 5.58. The summed E-state index contributed by atoms with van der Waals surface area (Å²) in [5.41, 5.74) is -0.117. The highest BCUT2D eigenvalue weighted by Crippen LogP contribution is 2.50. The highest BCUT2D eigenvalue weighted by Gasteiger charge is 2.51. The Morgan fingerprint density at radius 1 is 1.18 bits per heavy atom. The fourth-order valence-corrected chi connectivity index (χ4v) is 8.22. The molecule has 5 N–H and O–H groups in total. The van der Waals surface area contributed by atoms with Crippen LogP contribution in [0.5, 0.6) is 11.8 Å². The number of benzene rings is 2. The molecule has 0 bridgehead atoms. The van der Waals surface area contributed by atoms with Crippen LogP contribution in [0.15, 0.2) is 35.3 Å². The van der Waals surface area contributed by atoms with Gasteiger partial charge in [-0.3, -0.25) is 4.99 Å². The molecule has 3 aliphatic carbocycles. The minimum Gasteiger partial charge on any atom is -0.508 e. The third-order valence-corrected chi connectivity index (χ3v) is 11.5. The fraction of sp³-hybridized carbons (Fsp3) is 0.548. The molecule has 3 aromatic rings. The van der Waals surface area contributed by atoms with Gasteiger partial charge in [0.1, 0.15) is 28.7 Å². The molecule has 1 atom stereocenters. The third-order valence-electron chi connectivity index (χ3n) is 11.5. The lowest BCUT2D eigenvalue weighted by atomic mass is 9.81. The molecule has 2 aromatic carbocycles. The van der Waals surface area contributed by atoms with Crippen molar-refractivity contribution in [3.05, 3.63) is 58.5 Å². The number of hydrogen-bond donors (Lipinski definition) is 5. The van der Waals surface area contributed by atoms with Crippen LogP contribution in [0.1, 0.15) is 89.1 Å². The van der Waals surface area contributed by atoms with Crippen LogP contribution in [-0.4, -0.2) is 110 Å². The third kappa shape index (κ3) is 7.54. The molecule has 3 fully saturated rings. The number of aliphatic imine (C=N–C) groups is 1. The Balaban J connectivity index is 1.40. The minimum absolute atomic E-state index is 0.0396. The van der Waals surface area contributed by atoms with E-state index in [2.05, 4.69) is 0 Å². The first kappa shape index (κ1) is 40.2. The van der Waals surface area contributed by atoms with Crippen LogP contribution in [0.25, 0.3) is 27.7 Å². The van der Waals surface area contributed by atoms with E-state index in [9.17, 15) is 25.5 Å². The zero-order valence-electron chi connectivity index (χ0n) is 32.8. The number of nitrogens with zero attached hydrogens (tertiary/aromatic N) is 5. The van der Waals surface area contributed by atoms with E-state index in [-0.39, 0.29) is 79.2 Å². The molecule has 1 aliphatic heterocycles. The Hall–Kier alpha value is -4.05. The molecular weight excluding hydrogens is 724 g/mol. The SMILES string of the molecule is C/C=C1\C(=NC(C)C)C(c2cc(O)cc3ccc(F)c(CC)c23)=C(F)c2nc(OCC3(CN(CO)C(O)(O)C4CCC4)CC3)nc(N3CCOCC(C)(O)C3)c21. The van der Waals surface area contributed by atoms with Gasteiger partial charge in [-0.2, -0.15) is 9.97 Å². The molecule has 0 spiro atoms. The number of aromatic hydroxyl groups is 1. The molecule has 0 radical (unpaired) electrons.